The van der Waals surface area contributed by atoms with Gasteiger partial charge in [-0.2, -0.15) is 16.8 Å². The average Bonchev–Trinajstić information content (AvgIpc) is 2.28. The SMILES string of the molecule is CS(=O)(=O)O.CS(=O)(=O)O.OCC[C@@H]1CCCC[C@H]1CCO. The molecule has 0 aromatic heterocycles. The van der Waals surface area contributed by atoms with E-state index < -0.39 is 20.2 Å². The van der Waals surface area contributed by atoms with E-state index in [2.05, 4.69) is 0 Å². The molecule has 1 rings (SSSR count). The van der Waals surface area contributed by atoms with Crippen LogP contribution in [0.25, 0.3) is 0 Å². The Bertz CT molecular complexity index is 394. The topological polar surface area (TPSA) is 149 Å². The summed E-state index contributed by atoms with van der Waals surface area (Å²) in [6.07, 6.45) is 8.44. The van der Waals surface area contributed by atoms with Crippen molar-refractivity contribution >= 4 is 20.2 Å². The lowest BCUT2D eigenvalue weighted by Gasteiger charge is -2.30. The summed E-state index contributed by atoms with van der Waals surface area (Å²) in [4.78, 5) is 0. The van der Waals surface area contributed by atoms with Crippen molar-refractivity contribution in [3.05, 3.63) is 0 Å². The summed E-state index contributed by atoms with van der Waals surface area (Å²) < 4.78 is 51.7. The highest BCUT2D eigenvalue weighted by Crippen LogP contribution is 2.33. The van der Waals surface area contributed by atoms with Crippen LogP contribution in [0.4, 0.5) is 0 Å². The van der Waals surface area contributed by atoms with Gasteiger partial charge in [0.1, 0.15) is 0 Å². The van der Waals surface area contributed by atoms with E-state index in [4.69, 9.17) is 19.3 Å². The molecule has 0 spiro atoms. The van der Waals surface area contributed by atoms with Gasteiger partial charge in [-0.3, -0.25) is 9.11 Å². The molecule has 1 aliphatic rings. The maximum Gasteiger partial charge on any atom is 0.261 e. The molecular formula is C12H28O8S2. The fraction of sp³-hybridized carbons (Fsp3) is 1.00. The van der Waals surface area contributed by atoms with Gasteiger partial charge in [-0.25, -0.2) is 0 Å². The summed E-state index contributed by atoms with van der Waals surface area (Å²) in [6.45, 7) is 0.624. The van der Waals surface area contributed by atoms with Crippen molar-refractivity contribution in [1.82, 2.24) is 0 Å². The first-order valence-corrected chi connectivity index (χ1v) is 10.6. The molecule has 10 heteroatoms. The quantitative estimate of drug-likeness (QED) is 0.529. The van der Waals surface area contributed by atoms with Crippen LogP contribution in [-0.2, 0) is 20.2 Å². The molecule has 4 N–H and O–H groups in total. The highest BCUT2D eigenvalue weighted by Gasteiger charge is 2.23. The molecule has 8 nitrogen and oxygen atoms in total. The summed E-state index contributed by atoms with van der Waals surface area (Å²) in [5.41, 5.74) is 0. The van der Waals surface area contributed by atoms with E-state index in [0.29, 0.717) is 37.6 Å². The second-order valence-electron chi connectivity index (χ2n) is 5.30. The van der Waals surface area contributed by atoms with Crippen LogP contribution >= 0.6 is 0 Å². The summed E-state index contributed by atoms with van der Waals surface area (Å²) in [6, 6.07) is 0. The van der Waals surface area contributed by atoms with E-state index in [9.17, 15) is 16.8 Å². The monoisotopic (exact) mass is 364 g/mol. The molecular weight excluding hydrogens is 336 g/mol. The lowest BCUT2D eigenvalue weighted by atomic mass is 9.76. The van der Waals surface area contributed by atoms with Gasteiger partial charge in [-0.05, 0) is 24.7 Å². The normalized spacial score (nSPS) is 21.9. The fourth-order valence-electron chi connectivity index (χ4n) is 2.38. The van der Waals surface area contributed by atoms with Crippen LogP contribution < -0.4 is 0 Å². The van der Waals surface area contributed by atoms with Crippen LogP contribution in [0.3, 0.4) is 0 Å². The minimum absolute atomic E-state index is 0.312. The maximum absolute atomic E-state index is 9.19. The molecule has 0 aliphatic heterocycles. The number of hydrogen-bond donors (Lipinski definition) is 4. The maximum atomic E-state index is 9.19. The molecule has 0 amide bonds. The Kier molecular flexibility index (Phi) is 13.3. The van der Waals surface area contributed by atoms with E-state index in [1.54, 1.807) is 0 Å². The first kappa shape index (κ1) is 24.0. The molecule has 0 heterocycles. The lowest BCUT2D eigenvalue weighted by Crippen LogP contribution is -2.21. The van der Waals surface area contributed by atoms with Crippen molar-refractivity contribution in [2.45, 2.75) is 38.5 Å². The first-order chi connectivity index (χ1) is 9.88. The van der Waals surface area contributed by atoms with E-state index in [-0.39, 0.29) is 0 Å². The van der Waals surface area contributed by atoms with Crippen molar-refractivity contribution in [3.8, 4) is 0 Å². The van der Waals surface area contributed by atoms with Crippen LogP contribution in [0.1, 0.15) is 38.5 Å². The molecule has 0 unspecified atom stereocenters. The highest BCUT2D eigenvalue weighted by atomic mass is 32.2. The zero-order valence-electron chi connectivity index (χ0n) is 13.0. The molecule has 22 heavy (non-hydrogen) atoms. The van der Waals surface area contributed by atoms with Crippen LogP contribution in [0.2, 0.25) is 0 Å². The predicted molar refractivity (Wildman–Crippen MR) is 83.8 cm³/mol. The van der Waals surface area contributed by atoms with Crippen LogP contribution in [0, 0.1) is 11.8 Å². The molecule has 1 fully saturated rings. The van der Waals surface area contributed by atoms with E-state index in [1.807, 2.05) is 0 Å². The Morgan fingerprint density at radius 3 is 1.18 bits per heavy atom. The summed E-state index contributed by atoms with van der Waals surface area (Å²) in [5.74, 6) is 1.35. The van der Waals surface area contributed by atoms with Gasteiger partial charge in [-0.1, -0.05) is 25.7 Å². The average molecular weight is 364 g/mol. The Balaban J connectivity index is 0. The molecule has 136 valence electrons. The van der Waals surface area contributed by atoms with Gasteiger partial charge in [0.15, 0.2) is 0 Å². The summed E-state index contributed by atoms with van der Waals surface area (Å²) in [5, 5.41) is 17.7. The third-order valence-corrected chi connectivity index (χ3v) is 3.07. The lowest BCUT2D eigenvalue weighted by molar-refractivity contribution is 0.144. The molecule has 0 radical (unpaired) electrons. The Hall–Kier alpha value is -0.260. The Morgan fingerprint density at radius 1 is 0.773 bits per heavy atom. The minimum atomic E-state index is -3.67. The fourth-order valence-corrected chi connectivity index (χ4v) is 2.38. The predicted octanol–water partition coefficient (Wildman–Crippen LogP) is 0.566. The molecule has 0 aromatic rings. The third-order valence-electron chi connectivity index (χ3n) is 3.07. The van der Waals surface area contributed by atoms with Gasteiger partial charge < -0.3 is 10.2 Å². The zero-order chi connectivity index (χ0) is 17.8. The summed E-state index contributed by atoms with van der Waals surface area (Å²) >= 11 is 0. The third kappa shape index (κ3) is 24.7. The van der Waals surface area contributed by atoms with E-state index in [0.717, 1.165) is 12.8 Å². The first-order valence-electron chi connectivity index (χ1n) is 6.95. The molecule has 2 atom stereocenters. The molecule has 0 saturated heterocycles. The van der Waals surface area contributed by atoms with Crippen molar-refractivity contribution < 1.29 is 36.2 Å². The number of aliphatic hydroxyl groups excluding tert-OH is 2. The van der Waals surface area contributed by atoms with Crippen molar-refractivity contribution in [3.63, 3.8) is 0 Å². The van der Waals surface area contributed by atoms with E-state index >= 15 is 0 Å². The number of hydrogen-bond acceptors (Lipinski definition) is 6. The van der Waals surface area contributed by atoms with E-state index in [1.165, 1.54) is 25.7 Å². The van der Waals surface area contributed by atoms with Gasteiger partial charge in [0, 0.05) is 13.2 Å². The van der Waals surface area contributed by atoms with Crippen LogP contribution in [0.15, 0.2) is 0 Å². The van der Waals surface area contributed by atoms with Gasteiger partial charge in [0.2, 0.25) is 0 Å². The van der Waals surface area contributed by atoms with Gasteiger partial charge in [0.25, 0.3) is 20.2 Å². The summed E-state index contributed by atoms with van der Waals surface area (Å²) in [7, 11) is -7.33. The molecule has 0 bridgehead atoms. The Morgan fingerprint density at radius 2 is 1.00 bits per heavy atom. The van der Waals surface area contributed by atoms with Crippen LogP contribution in [0.5, 0.6) is 0 Å². The van der Waals surface area contributed by atoms with Gasteiger partial charge in [-0.15, -0.1) is 0 Å². The van der Waals surface area contributed by atoms with Gasteiger partial charge in [0.05, 0.1) is 12.5 Å². The van der Waals surface area contributed by atoms with Crippen molar-refractivity contribution in [2.24, 2.45) is 11.8 Å². The number of rotatable bonds is 4. The van der Waals surface area contributed by atoms with Crippen molar-refractivity contribution in [2.75, 3.05) is 25.7 Å². The molecule has 0 aromatic carbocycles. The molecule has 1 saturated carbocycles. The zero-order valence-corrected chi connectivity index (χ0v) is 14.7. The van der Waals surface area contributed by atoms with Crippen LogP contribution in [-0.4, -0.2) is 61.9 Å². The minimum Gasteiger partial charge on any atom is -0.396 e. The Labute approximate surface area is 133 Å². The van der Waals surface area contributed by atoms with Gasteiger partial charge >= 0.3 is 0 Å². The van der Waals surface area contributed by atoms with Crippen molar-refractivity contribution in [1.29, 1.82) is 0 Å². The molecule has 1 aliphatic carbocycles. The standard InChI is InChI=1S/C10H20O2.2CH4O3S/c11-7-5-9-3-1-2-4-10(9)6-8-12;2*1-5(2,3)4/h9-12H,1-8H2;2*1H3,(H,2,3,4)/t9-,10-;;/m0../s1. The second kappa shape index (κ2) is 12.2. The largest absolute Gasteiger partial charge is 0.396 e. The smallest absolute Gasteiger partial charge is 0.261 e. The highest BCUT2D eigenvalue weighted by molar-refractivity contribution is 7.85. The number of aliphatic hydroxyl groups is 2. The second-order valence-corrected chi connectivity index (χ2v) is 8.23.